The standard InChI is InChI=1S/C14H24Cl2N2O2/c1-9(18-6-10(2)20-11(3)7-18)5-17-12(19)13(4)8-14(13,15)16/h9-11H,5-8H2,1-4H3,(H,17,19). The number of hydrogen-bond donors (Lipinski definition) is 1. The summed E-state index contributed by atoms with van der Waals surface area (Å²) in [6.45, 7) is 10.5. The average molecular weight is 323 g/mol. The molecule has 116 valence electrons. The molecule has 0 aromatic heterocycles. The maximum absolute atomic E-state index is 12.1. The third-order valence-electron chi connectivity index (χ3n) is 4.39. The van der Waals surface area contributed by atoms with Gasteiger partial charge in [-0.1, -0.05) is 0 Å². The zero-order valence-corrected chi connectivity index (χ0v) is 14.1. The number of rotatable bonds is 4. The highest BCUT2D eigenvalue weighted by Crippen LogP contribution is 2.63. The molecule has 2 fully saturated rings. The molecule has 1 aliphatic carbocycles. The van der Waals surface area contributed by atoms with E-state index in [4.69, 9.17) is 27.9 Å². The molecule has 4 unspecified atom stereocenters. The van der Waals surface area contributed by atoms with E-state index in [-0.39, 0.29) is 24.2 Å². The Kier molecular flexibility index (Phi) is 4.60. The molecular weight excluding hydrogens is 299 g/mol. The van der Waals surface area contributed by atoms with Gasteiger partial charge in [-0.3, -0.25) is 9.69 Å². The van der Waals surface area contributed by atoms with Gasteiger partial charge in [0.05, 0.1) is 17.6 Å². The zero-order chi connectivity index (χ0) is 15.1. The summed E-state index contributed by atoms with van der Waals surface area (Å²) in [6, 6.07) is 0.273. The number of alkyl halides is 2. The fraction of sp³-hybridized carbons (Fsp3) is 0.929. The highest BCUT2D eigenvalue weighted by atomic mass is 35.5. The van der Waals surface area contributed by atoms with Crippen molar-refractivity contribution in [2.24, 2.45) is 5.41 Å². The number of carbonyl (C=O) groups is 1. The zero-order valence-electron chi connectivity index (χ0n) is 12.6. The molecular formula is C14H24Cl2N2O2. The van der Waals surface area contributed by atoms with Crippen LogP contribution in [0.4, 0.5) is 0 Å². The van der Waals surface area contributed by atoms with Crippen LogP contribution < -0.4 is 5.32 Å². The molecule has 0 aromatic rings. The first-order valence-electron chi connectivity index (χ1n) is 7.21. The van der Waals surface area contributed by atoms with Gasteiger partial charge in [-0.2, -0.15) is 0 Å². The van der Waals surface area contributed by atoms with E-state index in [1.807, 2.05) is 6.92 Å². The summed E-state index contributed by atoms with van der Waals surface area (Å²) in [5, 5.41) is 2.98. The van der Waals surface area contributed by atoms with Gasteiger partial charge >= 0.3 is 0 Å². The van der Waals surface area contributed by atoms with Crippen LogP contribution in [0, 0.1) is 5.41 Å². The van der Waals surface area contributed by atoms with Crippen molar-refractivity contribution in [1.29, 1.82) is 0 Å². The van der Waals surface area contributed by atoms with E-state index in [0.717, 1.165) is 13.1 Å². The Hall–Kier alpha value is -0.0300. The molecule has 0 bridgehead atoms. The lowest BCUT2D eigenvalue weighted by molar-refractivity contribution is -0.126. The number of amides is 1. The second kappa shape index (κ2) is 5.64. The van der Waals surface area contributed by atoms with Crippen LogP contribution in [0.5, 0.6) is 0 Å². The van der Waals surface area contributed by atoms with Crippen molar-refractivity contribution in [2.75, 3.05) is 19.6 Å². The molecule has 2 rings (SSSR count). The Labute approximate surface area is 131 Å². The lowest BCUT2D eigenvalue weighted by Crippen LogP contribution is -2.52. The normalized spacial score (nSPS) is 38.3. The van der Waals surface area contributed by atoms with Crippen molar-refractivity contribution in [3.05, 3.63) is 0 Å². The number of ether oxygens (including phenoxy) is 1. The number of carbonyl (C=O) groups excluding carboxylic acids is 1. The van der Waals surface area contributed by atoms with Crippen LogP contribution in [0.3, 0.4) is 0 Å². The largest absolute Gasteiger partial charge is 0.373 e. The Bertz CT molecular complexity index is 381. The summed E-state index contributed by atoms with van der Waals surface area (Å²) < 4.78 is 4.82. The van der Waals surface area contributed by atoms with Gasteiger partial charge in [-0.15, -0.1) is 23.2 Å². The van der Waals surface area contributed by atoms with Crippen molar-refractivity contribution in [3.63, 3.8) is 0 Å². The molecule has 2 aliphatic rings. The highest BCUT2D eigenvalue weighted by Gasteiger charge is 2.67. The SMILES string of the molecule is CC1CN(C(C)CNC(=O)C2(C)CC2(Cl)Cl)CC(C)O1. The van der Waals surface area contributed by atoms with Crippen molar-refractivity contribution >= 4 is 29.1 Å². The monoisotopic (exact) mass is 322 g/mol. The van der Waals surface area contributed by atoms with Crippen LogP contribution in [-0.4, -0.2) is 53.0 Å². The molecule has 1 saturated heterocycles. The van der Waals surface area contributed by atoms with Gasteiger partial charge in [0.1, 0.15) is 4.33 Å². The third kappa shape index (κ3) is 3.24. The second-order valence-corrected chi connectivity index (χ2v) is 7.97. The molecule has 1 aliphatic heterocycles. The Balaban J connectivity index is 1.81. The van der Waals surface area contributed by atoms with Crippen molar-refractivity contribution in [2.45, 2.75) is 56.7 Å². The van der Waals surface area contributed by atoms with Gasteiger partial charge in [0, 0.05) is 25.7 Å². The minimum Gasteiger partial charge on any atom is -0.373 e. The fourth-order valence-corrected chi connectivity index (χ4v) is 3.49. The quantitative estimate of drug-likeness (QED) is 0.807. The molecule has 20 heavy (non-hydrogen) atoms. The summed E-state index contributed by atoms with van der Waals surface area (Å²) in [6.07, 6.45) is 0.988. The molecule has 1 amide bonds. The summed E-state index contributed by atoms with van der Waals surface area (Å²) in [5.41, 5.74) is -0.637. The first kappa shape index (κ1) is 16.3. The molecule has 4 nitrogen and oxygen atoms in total. The van der Waals surface area contributed by atoms with Gasteiger partial charge in [-0.05, 0) is 34.1 Å². The van der Waals surface area contributed by atoms with Crippen molar-refractivity contribution < 1.29 is 9.53 Å². The summed E-state index contributed by atoms with van der Waals surface area (Å²) >= 11 is 12.0. The summed E-state index contributed by atoms with van der Waals surface area (Å²) in [5.74, 6) is -0.0521. The first-order valence-corrected chi connectivity index (χ1v) is 7.97. The molecule has 0 radical (unpaired) electrons. The van der Waals surface area contributed by atoms with E-state index in [1.54, 1.807) is 0 Å². The van der Waals surface area contributed by atoms with Gasteiger partial charge in [-0.25, -0.2) is 0 Å². The molecule has 1 heterocycles. The van der Waals surface area contributed by atoms with Crippen LogP contribution in [0.25, 0.3) is 0 Å². The Morgan fingerprint density at radius 2 is 1.90 bits per heavy atom. The van der Waals surface area contributed by atoms with E-state index < -0.39 is 9.75 Å². The van der Waals surface area contributed by atoms with Crippen molar-refractivity contribution in [3.8, 4) is 0 Å². The van der Waals surface area contributed by atoms with Gasteiger partial charge in [0.25, 0.3) is 0 Å². The third-order valence-corrected chi connectivity index (χ3v) is 5.49. The van der Waals surface area contributed by atoms with Crippen LogP contribution in [-0.2, 0) is 9.53 Å². The molecule has 0 spiro atoms. The van der Waals surface area contributed by atoms with Crippen LogP contribution in [0.15, 0.2) is 0 Å². The van der Waals surface area contributed by atoms with E-state index in [9.17, 15) is 4.79 Å². The second-order valence-electron chi connectivity index (χ2n) is 6.48. The Morgan fingerprint density at radius 1 is 1.40 bits per heavy atom. The smallest absolute Gasteiger partial charge is 0.229 e. The summed E-state index contributed by atoms with van der Waals surface area (Å²) in [7, 11) is 0. The number of morpholine rings is 1. The lowest BCUT2D eigenvalue weighted by atomic mass is 10.1. The lowest BCUT2D eigenvalue weighted by Gasteiger charge is -2.39. The maximum atomic E-state index is 12.1. The van der Waals surface area contributed by atoms with E-state index in [2.05, 4.69) is 31.0 Å². The minimum atomic E-state index is -0.900. The minimum absolute atomic E-state index is 0.0521. The maximum Gasteiger partial charge on any atom is 0.229 e. The molecule has 0 aromatic carbocycles. The predicted octanol–water partition coefficient (Wildman–Crippen LogP) is 2.18. The average Bonchev–Trinajstić information content (AvgIpc) is 2.85. The molecule has 4 atom stereocenters. The highest BCUT2D eigenvalue weighted by molar-refractivity contribution is 6.53. The number of nitrogens with one attached hydrogen (secondary N) is 1. The van der Waals surface area contributed by atoms with Crippen LogP contribution >= 0.6 is 23.2 Å². The van der Waals surface area contributed by atoms with E-state index >= 15 is 0 Å². The predicted molar refractivity (Wildman–Crippen MR) is 81.2 cm³/mol. The number of nitrogens with zero attached hydrogens (tertiary/aromatic N) is 1. The molecule has 6 heteroatoms. The van der Waals surface area contributed by atoms with Crippen molar-refractivity contribution in [1.82, 2.24) is 10.2 Å². The van der Waals surface area contributed by atoms with Gasteiger partial charge in [0.15, 0.2) is 0 Å². The van der Waals surface area contributed by atoms with E-state index in [0.29, 0.717) is 13.0 Å². The fourth-order valence-electron chi connectivity index (χ4n) is 2.79. The van der Waals surface area contributed by atoms with Crippen LogP contribution in [0.2, 0.25) is 0 Å². The summed E-state index contributed by atoms with van der Waals surface area (Å²) in [4.78, 5) is 14.5. The molecule has 1 saturated carbocycles. The van der Waals surface area contributed by atoms with Gasteiger partial charge in [0.2, 0.25) is 5.91 Å². The van der Waals surface area contributed by atoms with E-state index in [1.165, 1.54) is 0 Å². The first-order chi connectivity index (χ1) is 9.15. The molecule has 1 N–H and O–H groups in total. The Morgan fingerprint density at radius 3 is 2.35 bits per heavy atom. The van der Waals surface area contributed by atoms with Gasteiger partial charge < -0.3 is 10.1 Å². The number of hydrogen-bond acceptors (Lipinski definition) is 3. The number of halogens is 2. The van der Waals surface area contributed by atoms with Crippen LogP contribution in [0.1, 0.15) is 34.1 Å². The topological polar surface area (TPSA) is 41.6 Å².